The number of H-pyrrole nitrogens is 1. The molecule has 2 aromatic rings. The molecule has 6 heteroatoms. The molecule has 1 aromatic heterocycles. The molecule has 2 N–H and O–H groups in total. The summed E-state index contributed by atoms with van der Waals surface area (Å²) in [5.74, 6) is 0.529. The Morgan fingerprint density at radius 1 is 1.15 bits per heavy atom. The molecule has 4 rings (SSSR count). The first-order valence-electron chi connectivity index (χ1n) is 9.56. The normalized spacial score (nSPS) is 20.6. The maximum atomic E-state index is 12.7. The number of hydrogen-bond donors (Lipinski definition) is 2. The standard InChI is InChI=1S/C21H26N4O2/c1-13-8-14(2)10-16(9-13)24-19(26)17-11-21(17)4-6-25(7-5-21)20(27)18-22-12-15(3)23-18/h8-10,12,17H,4-7,11H2,1-3H3,(H,22,23)(H,24,26)/t17-/m0/s1. The van der Waals surface area contributed by atoms with E-state index >= 15 is 0 Å². The Kier molecular flexibility index (Phi) is 4.29. The van der Waals surface area contributed by atoms with E-state index in [-0.39, 0.29) is 23.1 Å². The van der Waals surface area contributed by atoms with Crippen molar-refractivity contribution >= 4 is 17.5 Å². The van der Waals surface area contributed by atoms with Gasteiger partial charge in [0, 0.05) is 36.6 Å². The van der Waals surface area contributed by atoms with Gasteiger partial charge in [-0.15, -0.1) is 0 Å². The molecule has 0 unspecified atom stereocenters. The van der Waals surface area contributed by atoms with E-state index in [1.54, 1.807) is 6.20 Å². The molecule has 2 amide bonds. The molecule has 1 aliphatic heterocycles. The second-order valence-corrected chi connectivity index (χ2v) is 8.19. The molecule has 1 aliphatic carbocycles. The third-order valence-electron chi connectivity index (χ3n) is 5.95. The van der Waals surface area contributed by atoms with Crippen molar-refractivity contribution in [3.05, 3.63) is 47.0 Å². The van der Waals surface area contributed by atoms with Crippen molar-refractivity contribution in [3.63, 3.8) is 0 Å². The Morgan fingerprint density at radius 3 is 2.41 bits per heavy atom. The summed E-state index contributed by atoms with van der Waals surface area (Å²) < 4.78 is 0. The van der Waals surface area contributed by atoms with Crippen LogP contribution in [0.25, 0.3) is 0 Å². The number of anilines is 1. The van der Waals surface area contributed by atoms with Crippen molar-refractivity contribution < 1.29 is 9.59 Å². The number of benzene rings is 1. The number of piperidine rings is 1. The SMILES string of the molecule is Cc1cc(C)cc(NC(=O)[C@@H]2CC23CCN(C(=O)c2ncc(C)[nH]2)CC3)c1. The summed E-state index contributed by atoms with van der Waals surface area (Å²) in [6.07, 6.45) is 4.35. The van der Waals surface area contributed by atoms with Crippen LogP contribution in [0.15, 0.2) is 24.4 Å². The van der Waals surface area contributed by atoms with Crippen LogP contribution < -0.4 is 5.32 Å². The van der Waals surface area contributed by atoms with Gasteiger partial charge >= 0.3 is 0 Å². The van der Waals surface area contributed by atoms with Crippen molar-refractivity contribution in [1.29, 1.82) is 0 Å². The molecule has 1 spiro atoms. The van der Waals surface area contributed by atoms with Gasteiger partial charge in [0.15, 0.2) is 5.82 Å². The van der Waals surface area contributed by atoms with Gasteiger partial charge in [-0.25, -0.2) is 4.98 Å². The first-order valence-corrected chi connectivity index (χ1v) is 9.56. The van der Waals surface area contributed by atoms with Crippen molar-refractivity contribution in [1.82, 2.24) is 14.9 Å². The molecule has 2 aliphatic rings. The molecule has 0 bridgehead atoms. The molecule has 142 valence electrons. The van der Waals surface area contributed by atoms with E-state index in [1.165, 1.54) is 0 Å². The second-order valence-electron chi connectivity index (χ2n) is 8.19. The zero-order valence-corrected chi connectivity index (χ0v) is 16.1. The van der Waals surface area contributed by atoms with E-state index in [0.29, 0.717) is 18.9 Å². The minimum Gasteiger partial charge on any atom is -0.338 e. The minimum absolute atomic E-state index is 0.0464. The van der Waals surface area contributed by atoms with Crippen LogP contribution in [0.1, 0.15) is 46.7 Å². The zero-order chi connectivity index (χ0) is 19.2. The second kappa shape index (κ2) is 6.51. The van der Waals surface area contributed by atoms with E-state index in [9.17, 15) is 9.59 Å². The lowest BCUT2D eigenvalue weighted by molar-refractivity contribution is -0.118. The molecule has 0 radical (unpaired) electrons. The summed E-state index contributed by atoms with van der Waals surface area (Å²) in [6.45, 7) is 7.33. The van der Waals surface area contributed by atoms with Crippen molar-refractivity contribution in [2.75, 3.05) is 18.4 Å². The van der Waals surface area contributed by atoms with Gasteiger partial charge in [0.1, 0.15) is 0 Å². The number of imidazole rings is 1. The van der Waals surface area contributed by atoms with E-state index < -0.39 is 0 Å². The highest BCUT2D eigenvalue weighted by molar-refractivity contribution is 5.95. The summed E-state index contributed by atoms with van der Waals surface area (Å²) in [5, 5.41) is 3.09. The van der Waals surface area contributed by atoms with Gasteiger partial charge in [-0.05, 0) is 68.7 Å². The number of carbonyl (C=O) groups is 2. The Balaban J connectivity index is 1.34. The number of aryl methyl sites for hydroxylation is 3. The number of nitrogens with zero attached hydrogens (tertiary/aromatic N) is 2. The zero-order valence-electron chi connectivity index (χ0n) is 16.1. The summed E-state index contributed by atoms with van der Waals surface area (Å²) in [6, 6.07) is 6.11. The molecule has 1 atom stereocenters. The van der Waals surface area contributed by atoms with E-state index in [4.69, 9.17) is 0 Å². The van der Waals surface area contributed by atoms with Crippen molar-refractivity contribution in [2.24, 2.45) is 11.3 Å². The summed E-state index contributed by atoms with van der Waals surface area (Å²) in [5.41, 5.74) is 4.13. The minimum atomic E-state index is -0.0464. The highest BCUT2D eigenvalue weighted by atomic mass is 16.2. The van der Waals surface area contributed by atoms with Gasteiger partial charge in [0.05, 0.1) is 0 Å². The van der Waals surface area contributed by atoms with E-state index in [2.05, 4.69) is 21.4 Å². The Hall–Kier alpha value is -2.63. The lowest BCUT2D eigenvalue weighted by Gasteiger charge is -2.32. The van der Waals surface area contributed by atoms with E-state index in [0.717, 1.165) is 41.8 Å². The molecule has 1 saturated heterocycles. The summed E-state index contributed by atoms with van der Waals surface area (Å²) in [7, 11) is 0. The molecule has 2 fully saturated rings. The lowest BCUT2D eigenvalue weighted by Crippen LogP contribution is -2.40. The van der Waals surface area contributed by atoms with Crippen LogP contribution in [0, 0.1) is 32.1 Å². The van der Waals surface area contributed by atoms with Crippen LogP contribution in [0.4, 0.5) is 5.69 Å². The fourth-order valence-electron chi connectivity index (χ4n) is 4.37. The maximum Gasteiger partial charge on any atom is 0.289 e. The number of likely N-dealkylation sites (tertiary alicyclic amines) is 1. The van der Waals surface area contributed by atoms with Crippen LogP contribution in [0.2, 0.25) is 0 Å². The number of hydrogen-bond acceptors (Lipinski definition) is 3. The maximum absolute atomic E-state index is 12.7. The number of rotatable bonds is 3. The molecule has 1 aromatic carbocycles. The van der Waals surface area contributed by atoms with Crippen LogP contribution >= 0.6 is 0 Å². The fourth-order valence-corrected chi connectivity index (χ4v) is 4.37. The van der Waals surface area contributed by atoms with Gasteiger partial charge in [-0.2, -0.15) is 0 Å². The molecular formula is C21H26N4O2. The van der Waals surface area contributed by atoms with Crippen LogP contribution in [0.5, 0.6) is 0 Å². The molecular weight excluding hydrogens is 340 g/mol. The monoisotopic (exact) mass is 366 g/mol. The Labute approximate surface area is 159 Å². The lowest BCUT2D eigenvalue weighted by atomic mass is 9.90. The first-order chi connectivity index (χ1) is 12.9. The van der Waals surface area contributed by atoms with Gasteiger partial charge < -0.3 is 15.2 Å². The fraction of sp³-hybridized carbons (Fsp3) is 0.476. The number of amides is 2. The number of aromatic nitrogens is 2. The Morgan fingerprint density at radius 2 is 1.81 bits per heavy atom. The number of carbonyl (C=O) groups excluding carboxylic acids is 2. The predicted octanol–water partition coefficient (Wildman–Crippen LogP) is 3.22. The first kappa shape index (κ1) is 17.8. The van der Waals surface area contributed by atoms with Gasteiger partial charge in [0.25, 0.3) is 5.91 Å². The van der Waals surface area contributed by atoms with Gasteiger partial charge in [-0.3, -0.25) is 9.59 Å². The smallest absolute Gasteiger partial charge is 0.289 e. The highest BCUT2D eigenvalue weighted by Gasteiger charge is 2.58. The quantitative estimate of drug-likeness (QED) is 0.875. The number of aromatic amines is 1. The average molecular weight is 366 g/mol. The largest absolute Gasteiger partial charge is 0.338 e. The van der Waals surface area contributed by atoms with Crippen LogP contribution in [-0.2, 0) is 4.79 Å². The molecule has 27 heavy (non-hydrogen) atoms. The van der Waals surface area contributed by atoms with Gasteiger partial charge in [-0.1, -0.05) is 6.07 Å². The molecule has 1 saturated carbocycles. The summed E-state index contributed by atoms with van der Waals surface area (Å²) >= 11 is 0. The van der Waals surface area contributed by atoms with Crippen LogP contribution in [-0.4, -0.2) is 39.8 Å². The van der Waals surface area contributed by atoms with Crippen LogP contribution in [0.3, 0.4) is 0 Å². The number of nitrogens with one attached hydrogen (secondary N) is 2. The van der Waals surface area contributed by atoms with Crippen molar-refractivity contribution in [3.8, 4) is 0 Å². The highest BCUT2D eigenvalue weighted by Crippen LogP contribution is 2.59. The summed E-state index contributed by atoms with van der Waals surface area (Å²) in [4.78, 5) is 34.2. The average Bonchev–Trinajstić information content (AvgIpc) is 3.13. The van der Waals surface area contributed by atoms with Crippen molar-refractivity contribution in [2.45, 2.75) is 40.0 Å². The van der Waals surface area contributed by atoms with E-state index in [1.807, 2.05) is 37.8 Å². The molecule has 6 nitrogen and oxygen atoms in total. The Bertz CT molecular complexity index is 873. The third kappa shape index (κ3) is 3.48. The predicted molar refractivity (Wildman–Crippen MR) is 104 cm³/mol. The topological polar surface area (TPSA) is 78.1 Å². The molecule has 2 heterocycles. The van der Waals surface area contributed by atoms with Gasteiger partial charge in [0.2, 0.25) is 5.91 Å². The third-order valence-corrected chi connectivity index (χ3v) is 5.95.